The Hall–Kier alpha value is -1.40. The van der Waals surface area contributed by atoms with Crippen LogP contribution in [0.5, 0.6) is 0 Å². The molecule has 1 atom stereocenters. The lowest BCUT2D eigenvalue weighted by molar-refractivity contribution is -0.128. The number of rotatable bonds is 6. The van der Waals surface area contributed by atoms with E-state index in [-0.39, 0.29) is 16.7 Å². The van der Waals surface area contributed by atoms with Gasteiger partial charge in [0.05, 0.1) is 4.90 Å². The number of sulfonamides is 1. The fraction of sp³-hybridized carbons (Fsp3) is 0.562. The highest BCUT2D eigenvalue weighted by molar-refractivity contribution is 7.89. The molecule has 1 heterocycles. The highest BCUT2D eigenvalue weighted by Gasteiger charge is 2.39. The van der Waals surface area contributed by atoms with Crippen molar-refractivity contribution in [3.05, 3.63) is 29.8 Å². The van der Waals surface area contributed by atoms with E-state index in [1.165, 1.54) is 0 Å². The Morgan fingerprint density at radius 3 is 2.50 bits per heavy atom. The molecule has 120 valence electrons. The van der Waals surface area contributed by atoms with Gasteiger partial charge < -0.3 is 4.90 Å². The van der Waals surface area contributed by atoms with Crippen LogP contribution >= 0.6 is 0 Å². The number of nitrogens with one attached hydrogen (secondary N) is 1. The zero-order valence-electron chi connectivity index (χ0n) is 12.8. The number of aryl methyl sites for hydroxylation is 1. The van der Waals surface area contributed by atoms with Gasteiger partial charge in [0.15, 0.2) is 0 Å². The molecule has 0 spiro atoms. The maximum atomic E-state index is 12.3. The molecular weight excluding hydrogens is 300 g/mol. The second kappa shape index (κ2) is 6.01. The van der Waals surface area contributed by atoms with Gasteiger partial charge in [0.2, 0.25) is 15.9 Å². The summed E-state index contributed by atoms with van der Waals surface area (Å²) in [6, 6.07) is 7.36. The molecule has 1 aliphatic heterocycles. The molecule has 1 N–H and O–H groups in total. The number of carbonyl (C=O) groups is 1. The van der Waals surface area contributed by atoms with E-state index < -0.39 is 10.0 Å². The minimum absolute atomic E-state index is 0.0813. The van der Waals surface area contributed by atoms with Crippen LogP contribution in [0, 0.1) is 5.92 Å². The summed E-state index contributed by atoms with van der Waals surface area (Å²) in [4.78, 5) is 14.1. The molecule has 6 heteroatoms. The standard InChI is InChI=1S/C16H22N2O3S/c1-2-12-3-7-15(8-4-12)22(20,21)17-10-13-9-16(19)18(11-13)14-5-6-14/h3-4,7-8,13-14,17H,2,5-6,9-11H2,1H3. The third kappa shape index (κ3) is 3.33. The van der Waals surface area contributed by atoms with Gasteiger partial charge in [0, 0.05) is 25.6 Å². The van der Waals surface area contributed by atoms with Gasteiger partial charge >= 0.3 is 0 Å². The highest BCUT2D eigenvalue weighted by Crippen LogP contribution is 2.32. The van der Waals surface area contributed by atoms with Crippen molar-refractivity contribution in [2.75, 3.05) is 13.1 Å². The zero-order valence-corrected chi connectivity index (χ0v) is 13.6. The summed E-state index contributed by atoms with van der Waals surface area (Å²) in [6.07, 6.45) is 3.52. The smallest absolute Gasteiger partial charge is 0.240 e. The predicted octanol–water partition coefficient (Wildman–Crippen LogP) is 1.54. The molecule has 1 amide bonds. The van der Waals surface area contributed by atoms with Gasteiger partial charge in [-0.1, -0.05) is 19.1 Å². The van der Waals surface area contributed by atoms with Gasteiger partial charge in [-0.3, -0.25) is 4.79 Å². The molecule has 1 aromatic carbocycles. The maximum Gasteiger partial charge on any atom is 0.240 e. The largest absolute Gasteiger partial charge is 0.339 e. The van der Waals surface area contributed by atoms with Crippen LogP contribution in [0.1, 0.15) is 31.7 Å². The van der Waals surface area contributed by atoms with Crippen LogP contribution in [-0.2, 0) is 21.2 Å². The van der Waals surface area contributed by atoms with E-state index in [1.807, 2.05) is 24.0 Å². The van der Waals surface area contributed by atoms with E-state index in [0.29, 0.717) is 25.6 Å². The van der Waals surface area contributed by atoms with Crippen LogP contribution < -0.4 is 4.72 Å². The van der Waals surface area contributed by atoms with Gasteiger partial charge in [-0.2, -0.15) is 0 Å². The van der Waals surface area contributed by atoms with Crippen LogP contribution in [0.15, 0.2) is 29.2 Å². The number of nitrogens with zero attached hydrogens (tertiary/aromatic N) is 1. The summed E-state index contributed by atoms with van der Waals surface area (Å²) >= 11 is 0. The predicted molar refractivity (Wildman–Crippen MR) is 83.9 cm³/mol. The topological polar surface area (TPSA) is 66.5 Å². The number of amides is 1. The molecule has 1 aliphatic carbocycles. The van der Waals surface area contributed by atoms with Crippen LogP contribution in [0.25, 0.3) is 0 Å². The van der Waals surface area contributed by atoms with Crippen molar-refractivity contribution < 1.29 is 13.2 Å². The van der Waals surface area contributed by atoms with Crippen molar-refractivity contribution >= 4 is 15.9 Å². The Bertz CT molecular complexity index is 650. The first-order valence-electron chi connectivity index (χ1n) is 7.87. The van der Waals surface area contributed by atoms with Crippen molar-refractivity contribution in [1.29, 1.82) is 0 Å². The number of hydrogen-bond donors (Lipinski definition) is 1. The van der Waals surface area contributed by atoms with Crippen LogP contribution in [0.4, 0.5) is 0 Å². The van der Waals surface area contributed by atoms with Crippen LogP contribution in [-0.4, -0.2) is 38.4 Å². The second-order valence-electron chi connectivity index (χ2n) is 6.20. The third-order valence-corrected chi connectivity index (χ3v) is 5.87. The molecule has 1 saturated heterocycles. The van der Waals surface area contributed by atoms with Crippen molar-refractivity contribution in [2.24, 2.45) is 5.92 Å². The Morgan fingerprint density at radius 2 is 1.91 bits per heavy atom. The fourth-order valence-electron chi connectivity index (χ4n) is 2.90. The first-order valence-corrected chi connectivity index (χ1v) is 9.36. The Morgan fingerprint density at radius 1 is 1.23 bits per heavy atom. The normalized spacial score (nSPS) is 22.3. The highest BCUT2D eigenvalue weighted by atomic mass is 32.2. The Labute approximate surface area is 131 Å². The third-order valence-electron chi connectivity index (χ3n) is 4.43. The maximum absolute atomic E-state index is 12.3. The first kappa shape index (κ1) is 15.5. The summed E-state index contributed by atoms with van der Waals surface area (Å²) < 4.78 is 27.2. The lowest BCUT2D eigenvalue weighted by atomic mass is 10.1. The molecule has 1 saturated carbocycles. The van der Waals surface area contributed by atoms with Crippen molar-refractivity contribution in [2.45, 2.75) is 43.5 Å². The molecule has 22 heavy (non-hydrogen) atoms. The monoisotopic (exact) mass is 322 g/mol. The van der Waals surface area contributed by atoms with Crippen molar-refractivity contribution in [1.82, 2.24) is 9.62 Å². The van der Waals surface area contributed by atoms with Crippen LogP contribution in [0.3, 0.4) is 0 Å². The van der Waals surface area contributed by atoms with Gasteiger partial charge in [-0.15, -0.1) is 0 Å². The lowest BCUT2D eigenvalue weighted by Crippen LogP contribution is -2.32. The first-order chi connectivity index (χ1) is 10.5. The lowest BCUT2D eigenvalue weighted by Gasteiger charge is -2.15. The minimum Gasteiger partial charge on any atom is -0.339 e. The van der Waals surface area contributed by atoms with E-state index in [0.717, 1.165) is 24.8 Å². The van der Waals surface area contributed by atoms with E-state index in [9.17, 15) is 13.2 Å². The molecular formula is C16H22N2O3S. The number of hydrogen-bond acceptors (Lipinski definition) is 3. The molecule has 0 bridgehead atoms. The van der Waals surface area contributed by atoms with Crippen molar-refractivity contribution in [3.63, 3.8) is 0 Å². The molecule has 1 aromatic rings. The molecule has 2 aliphatic rings. The van der Waals surface area contributed by atoms with Gasteiger partial charge in [0.25, 0.3) is 0 Å². The summed E-state index contributed by atoms with van der Waals surface area (Å²) in [7, 11) is -3.49. The second-order valence-corrected chi connectivity index (χ2v) is 7.96. The quantitative estimate of drug-likeness (QED) is 0.864. The van der Waals surface area contributed by atoms with E-state index in [4.69, 9.17) is 0 Å². The number of benzene rings is 1. The summed E-state index contributed by atoms with van der Waals surface area (Å²) in [5, 5.41) is 0. The fourth-order valence-corrected chi connectivity index (χ4v) is 4.02. The summed E-state index contributed by atoms with van der Waals surface area (Å²) in [5.74, 6) is 0.247. The van der Waals surface area contributed by atoms with Crippen molar-refractivity contribution in [3.8, 4) is 0 Å². The van der Waals surface area contributed by atoms with E-state index in [1.54, 1.807) is 12.1 Å². The minimum atomic E-state index is -3.49. The average Bonchev–Trinajstić information content (AvgIpc) is 3.29. The molecule has 5 nitrogen and oxygen atoms in total. The Balaban J connectivity index is 1.59. The molecule has 1 unspecified atom stereocenters. The molecule has 2 fully saturated rings. The summed E-state index contributed by atoms with van der Waals surface area (Å²) in [5.41, 5.74) is 1.11. The molecule has 3 rings (SSSR count). The summed E-state index contributed by atoms with van der Waals surface area (Å²) in [6.45, 7) is 3.04. The Kier molecular flexibility index (Phi) is 4.23. The molecule has 0 radical (unpaired) electrons. The zero-order chi connectivity index (χ0) is 15.7. The molecule has 0 aromatic heterocycles. The SMILES string of the molecule is CCc1ccc(S(=O)(=O)NCC2CC(=O)N(C3CC3)C2)cc1. The van der Waals surface area contributed by atoms with Crippen LogP contribution in [0.2, 0.25) is 0 Å². The number of likely N-dealkylation sites (tertiary alicyclic amines) is 1. The number of carbonyl (C=O) groups excluding carboxylic acids is 1. The average molecular weight is 322 g/mol. The van der Waals surface area contributed by atoms with Gasteiger partial charge in [-0.25, -0.2) is 13.1 Å². The van der Waals surface area contributed by atoms with Gasteiger partial charge in [0.1, 0.15) is 0 Å². The van der Waals surface area contributed by atoms with Gasteiger partial charge in [-0.05, 0) is 42.9 Å². The van der Waals surface area contributed by atoms with E-state index >= 15 is 0 Å². The van der Waals surface area contributed by atoms with E-state index in [2.05, 4.69) is 4.72 Å².